The average molecular weight is 856 g/mol. The summed E-state index contributed by atoms with van der Waals surface area (Å²) >= 11 is 0. The van der Waals surface area contributed by atoms with Gasteiger partial charge in [0.2, 0.25) is 5.91 Å². The third-order valence-electron chi connectivity index (χ3n) is 9.45. The number of hydrogen-bond acceptors (Lipinski definition) is 5. The van der Waals surface area contributed by atoms with Crippen LogP contribution in [0, 0.1) is 0 Å². The molecular formula is C51H88N2O6P+. The summed E-state index contributed by atoms with van der Waals surface area (Å²) in [6.45, 7) is 4.59. The summed E-state index contributed by atoms with van der Waals surface area (Å²) in [5, 5.41) is 13.8. The molecule has 0 bridgehead atoms. The number of phosphoric ester groups is 1. The number of amides is 1. The minimum absolute atomic E-state index is 0.0437. The molecule has 0 aliphatic carbocycles. The highest BCUT2D eigenvalue weighted by Crippen LogP contribution is 2.43. The Labute approximate surface area is 368 Å². The molecule has 3 atom stereocenters. The third-order valence-corrected chi connectivity index (χ3v) is 10.4. The molecule has 0 spiro atoms. The Bertz CT molecular complexity index is 1340. The number of aliphatic hydroxyl groups excluding tert-OH is 1. The first kappa shape index (κ1) is 57.2. The maximum absolute atomic E-state index is 12.9. The molecule has 0 aliphatic heterocycles. The molecule has 0 saturated heterocycles. The molecular weight excluding hydrogens is 768 g/mol. The highest BCUT2D eigenvalue weighted by molar-refractivity contribution is 7.47. The van der Waals surface area contributed by atoms with Crippen molar-refractivity contribution in [3.8, 4) is 0 Å². The fraction of sp³-hybridized carbons (Fsp3) is 0.627. The number of carbonyl (C=O) groups excluding carboxylic acids is 1. The van der Waals surface area contributed by atoms with Crippen molar-refractivity contribution in [2.75, 3.05) is 40.9 Å². The van der Waals surface area contributed by atoms with Gasteiger partial charge in [0.1, 0.15) is 13.2 Å². The van der Waals surface area contributed by atoms with E-state index in [9.17, 15) is 19.4 Å². The van der Waals surface area contributed by atoms with Crippen molar-refractivity contribution in [1.29, 1.82) is 0 Å². The van der Waals surface area contributed by atoms with E-state index < -0.39 is 20.0 Å². The van der Waals surface area contributed by atoms with Crippen molar-refractivity contribution in [2.24, 2.45) is 0 Å². The van der Waals surface area contributed by atoms with Gasteiger partial charge in [-0.05, 0) is 96.3 Å². The Balaban J connectivity index is 4.43. The Morgan fingerprint density at radius 3 is 1.53 bits per heavy atom. The number of aliphatic hydroxyl groups is 1. The molecule has 0 heterocycles. The molecule has 342 valence electrons. The number of unbranched alkanes of at least 4 members (excludes halogenated alkanes) is 11. The number of phosphoric acid groups is 1. The van der Waals surface area contributed by atoms with Crippen LogP contribution >= 0.6 is 7.82 Å². The molecule has 0 aromatic heterocycles. The molecule has 0 aromatic rings. The van der Waals surface area contributed by atoms with Crippen LogP contribution in [0.1, 0.15) is 155 Å². The first-order valence-corrected chi connectivity index (χ1v) is 24.8. The van der Waals surface area contributed by atoms with Gasteiger partial charge < -0.3 is 19.8 Å². The Morgan fingerprint density at radius 1 is 0.583 bits per heavy atom. The van der Waals surface area contributed by atoms with Gasteiger partial charge in [0.15, 0.2) is 0 Å². The normalized spacial score (nSPS) is 15.2. The number of nitrogens with one attached hydrogen (secondary N) is 1. The summed E-state index contributed by atoms with van der Waals surface area (Å²) < 4.78 is 23.5. The SMILES string of the molecule is CC/C=C\C/C=C\C/C=C\C/C=C\C/C=C\C/C=C\CCCCCCCCC(=O)NC(COP(=O)(O)OCC[N+](C)(C)C)C(O)/C=C/CC/C=C/CC/C=C/CCCCC. The van der Waals surface area contributed by atoms with Crippen LogP contribution in [0.15, 0.2) is 109 Å². The van der Waals surface area contributed by atoms with Crippen LogP contribution < -0.4 is 5.32 Å². The van der Waals surface area contributed by atoms with E-state index in [4.69, 9.17) is 9.05 Å². The Morgan fingerprint density at radius 2 is 1.02 bits per heavy atom. The van der Waals surface area contributed by atoms with Gasteiger partial charge in [0, 0.05) is 6.42 Å². The van der Waals surface area contributed by atoms with Crippen molar-refractivity contribution in [2.45, 2.75) is 167 Å². The zero-order chi connectivity index (χ0) is 44.3. The number of likely N-dealkylation sites (N-methyl/N-ethyl adjacent to an activating group) is 1. The molecule has 0 rings (SSSR count). The van der Waals surface area contributed by atoms with Crippen LogP contribution in [-0.2, 0) is 18.4 Å². The average Bonchev–Trinajstić information content (AvgIpc) is 3.20. The molecule has 0 radical (unpaired) electrons. The summed E-state index contributed by atoms with van der Waals surface area (Å²) in [5.74, 6) is -0.213. The molecule has 8 nitrogen and oxygen atoms in total. The lowest BCUT2D eigenvalue weighted by Crippen LogP contribution is -2.45. The van der Waals surface area contributed by atoms with Gasteiger partial charge in [-0.15, -0.1) is 0 Å². The second-order valence-corrected chi connectivity index (χ2v) is 17.8. The molecule has 1 amide bonds. The van der Waals surface area contributed by atoms with Crippen LogP contribution in [-0.4, -0.2) is 73.4 Å². The lowest BCUT2D eigenvalue weighted by Gasteiger charge is -2.25. The van der Waals surface area contributed by atoms with Crippen molar-refractivity contribution >= 4 is 13.7 Å². The standard InChI is InChI=1S/C51H87N2O6P/c1-6-8-10-12-14-16-18-20-21-22-23-24-25-26-27-28-29-30-31-33-35-37-39-41-43-45-51(55)52-49(48-59-60(56,57)58-47-46-53(3,4)5)50(54)44-42-40-38-36-34-32-19-17-15-13-11-9-7-2/h8,10,14-17,20-21,23-24,26-27,29-30,34,36,42,44,49-50,54H,6-7,9,11-13,18-19,22,25,28,31-33,35,37-41,43,45-48H2,1-5H3,(H-,52,55,56,57)/p+1/b10-8-,16-14-,17-15+,21-20-,24-23-,27-26-,30-29-,36-34+,44-42+. The molecule has 0 aliphatic rings. The number of quaternary nitrogens is 1. The van der Waals surface area contributed by atoms with E-state index in [1.807, 2.05) is 27.2 Å². The predicted octanol–water partition coefficient (Wildman–Crippen LogP) is 13.3. The van der Waals surface area contributed by atoms with Crippen molar-refractivity contribution in [1.82, 2.24) is 5.32 Å². The van der Waals surface area contributed by atoms with E-state index in [1.54, 1.807) is 6.08 Å². The van der Waals surface area contributed by atoms with E-state index in [0.29, 0.717) is 17.4 Å². The van der Waals surface area contributed by atoms with Crippen LogP contribution in [0.25, 0.3) is 0 Å². The van der Waals surface area contributed by atoms with Gasteiger partial charge in [0.05, 0.1) is 39.9 Å². The lowest BCUT2D eigenvalue weighted by atomic mass is 10.1. The first-order chi connectivity index (χ1) is 29.0. The topological polar surface area (TPSA) is 105 Å². The summed E-state index contributed by atoms with van der Waals surface area (Å²) in [4.78, 5) is 23.1. The largest absolute Gasteiger partial charge is 0.472 e. The van der Waals surface area contributed by atoms with Gasteiger partial charge in [-0.2, -0.15) is 0 Å². The minimum atomic E-state index is -4.36. The van der Waals surface area contributed by atoms with E-state index >= 15 is 0 Å². The fourth-order valence-electron chi connectivity index (χ4n) is 5.78. The second kappa shape index (κ2) is 41.5. The van der Waals surface area contributed by atoms with Crippen molar-refractivity contribution in [3.05, 3.63) is 109 Å². The van der Waals surface area contributed by atoms with Crippen LogP contribution in [0.3, 0.4) is 0 Å². The highest BCUT2D eigenvalue weighted by Gasteiger charge is 2.27. The van der Waals surface area contributed by atoms with Gasteiger partial charge in [-0.25, -0.2) is 4.57 Å². The minimum Gasteiger partial charge on any atom is -0.387 e. The van der Waals surface area contributed by atoms with E-state index in [2.05, 4.69) is 116 Å². The van der Waals surface area contributed by atoms with E-state index in [0.717, 1.165) is 109 Å². The molecule has 3 N–H and O–H groups in total. The summed E-state index contributed by atoms with van der Waals surface area (Å²) in [5.41, 5.74) is 0. The zero-order valence-electron chi connectivity index (χ0n) is 38.6. The van der Waals surface area contributed by atoms with E-state index in [-0.39, 0.29) is 19.1 Å². The molecule has 0 fully saturated rings. The zero-order valence-corrected chi connectivity index (χ0v) is 39.5. The van der Waals surface area contributed by atoms with Crippen LogP contribution in [0.5, 0.6) is 0 Å². The van der Waals surface area contributed by atoms with Gasteiger partial charge in [-0.3, -0.25) is 13.8 Å². The molecule has 3 unspecified atom stereocenters. The Kier molecular flexibility index (Phi) is 39.5. The van der Waals surface area contributed by atoms with Crippen molar-refractivity contribution < 1.29 is 32.9 Å². The second-order valence-electron chi connectivity index (χ2n) is 16.4. The first-order valence-electron chi connectivity index (χ1n) is 23.3. The highest BCUT2D eigenvalue weighted by atomic mass is 31.2. The van der Waals surface area contributed by atoms with E-state index in [1.165, 1.54) is 25.7 Å². The monoisotopic (exact) mass is 856 g/mol. The maximum atomic E-state index is 12.9. The smallest absolute Gasteiger partial charge is 0.387 e. The van der Waals surface area contributed by atoms with Gasteiger partial charge in [0.25, 0.3) is 0 Å². The molecule has 0 saturated carbocycles. The molecule has 9 heteroatoms. The fourth-order valence-corrected chi connectivity index (χ4v) is 6.52. The quantitative estimate of drug-likeness (QED) is 0.0245. The number of carbonyl (C=O) groups is 1. The number of allylic oxidation sites excluding steroid dienone is 17. The van der Waals surface area contributed by atoms with Crippen LogP contribution in [0.2, 0.25) is 0 Å². The number of hydrogen-bond donors (Lipinski definition) is 3. The maximum Gasteiger partial charge on any atom is 0.472 e. The molecule has 0 aromatic carbocycles. The lowest BCUT2D eigenvalue weighted by molar-refractivity contribution is -0.870. The van der Waals surface area contributed by atoms with Crippen LogP contribution in [0.4, 0.5) is 0 Å². The summed E-state index contributed by atoms with van der Waals surface area (Å²) in [7, 11) is 1.51. The van der Waals surface area contributed by atoms with Crippen molar-refractivity contribution in [3.63, 3.8) is 0 Å². The van der Waals surface area contributed by atoms with Gasteiger partial charge >= 0.3 is 7.82 Å². The third kappa shape index (κ3) is 43.3. The summed E-state index contributed by atoms with van der Waals surface area (Å²) in [6, 6.07) is -0.884. The van der Waals surface area contributed by atoms with Gasteiger partial charge in [-0.1, -0.05) is 162 Å². The number of nitrogens with zero attached hydrogens (tertiary/aromatic N) is 1. The Hall–Kier alpha value is -2.84. The predicted molar refractivity (Wildman–Crippen MR) is 258 cm³/mol. The summed E-state index contributed by atoms with van der Waals surface area (Å²) in [6.07, 6.45) is 60.2. The number of rotatable bonds is 40. The molecule has 60 heavy (non-hydrogen) atoms.